The summed E-state index contributed by atoms with van der Waals surface area (Å²) in [5.74, 6) is -2.73. The molecule has 1 unspecified atom stereocenters. The fourth-order valence-electron chi connectivity index (χ4n) is 0.971. The van der Waals surface area contributed by atoms with Gasteiger partial charge in [-0.05, 0) is 6.92 Å². The second-order valence-corrected chi connectivity index (χ2v) is 2.55. The molecule has 5 nitrogen and oxygen atoms in total. The Morgan fingerprint density at radius 1 is 1.67 bits per heavy atom. The fraction of sp³-hybridized carbons (Fsp3) is 0.833. The number of ether oxygens (including phenoxy) is 2. The summed E-state index contributed by atoms with van der Waals surface area (Å²) in [4.78, 5) is 10.6. The van der Waals surface area contributed by atoms with Gasteiger partial charge in [0.2, 0.25) is 12.0 Å². The van der Waals surface area contributed by atoms with Crippen molar-refractivity contribution in [2.24, 2.45) is 0 Å². The third-order valence-corrected chi connectivity index (χ3v) is 1.66. The maximum atomic E-state index is 13.1. The van der Waals surface area contributed by atoms with Crippen molar-refractivity contribution in [1.82, 2.24) is 5.48 Å². The lowest BCUT2D eigenvalue weighted by Gasteiger charge is -2.24. The first-order chi connectivity index (χ1) is 5.60. The summed E-state index contributed by atoms with van der Waals surface area (Å²) in [6, 6.07) is 0. The van der Waals surface area contributed by atoms with Gasteiger partial charge >= 0.3 is 0 Å². The van der Waals surface area contributed by atoms with Crippen molar-refractivity contribution in [3.8, 4) is 0 Å². The molecule has 12 heavy (non-hydrogen) atoms. The van der Waals surface area contributed by atoms with Crippen molar-refractivity contribution in [3.05, 3.63) is 0 Å². The van der Waals surface area contributed by atoms with Gasteiger partial charge in [-0.15, -0.1) is 0 Å². The SMILES string of the molecule is CC1(C(F)C(=O)NO)OCCO1. The van der Waals surface area contributed by atoms with Gasteiger partial charge in [-0.25, -0.2) is 9.87 Å². The number of carbonyl (C=O) groups excluding carboxylic acids is 1. The molecule has 0 bridgehead atoms. The van der Waals surface area contributed by atoms with Crippen LogP contribution in [-0.4, -0.2) is 36.3 Å². The van der Waals surface area contributed by atoms with Crippen LogP contribution in [0.4, 0.5) is 4.39 Å². The zero-order valence-corrected chi connectivity index (χ0v) is 6.54. The van der Waals surface area contributed by atoms with Crippen LogP contribution < -0.4 is 5.48 Å². The first kappa shape index (κ1) is 9.37. The molecule has 1 fully saturated rings. The van der Waals surface area contributed by atoms with Gasteiger partial charge in [-0.1, -0.05) is 0 Å². The van der Waals surface area contributed by atoms with Crippen LogP contribution in [0.1, 0.15) is 6.92 Å². The third-order valence-electron chi connectivity index (χ3n) is 1.66. The third kappa shape index (κ3) is 1.55. The van der Waals surface area contributed by atoms with Gasteiger partial charge in [-0.2, -0.15) is 0 Å². The van der Waals surface area contributed by atoms with E-state index >= 15 is 0 Å². The zero-order valence-electron chi connectivity index (χ0n) is 6.54. The van der Waals surface area contributed by atoms with Crippen LogP contribution in [0.25, 0.3) is 0 Å². The lowest BCUT2D eigenvalue weighted by atomic mass is 10.2. The van der Waals surface area contributed by atoms with Gasteiger partial charge in [0.1, 0.15) is 0 Å². The molecule has 0 spiro atoms. The highest BCUT2D eigenvalue weighted by Gasteiger charge is 2.44. The van der Waals surface area contributed by atoms with Crippen LogP contribution in [0, 0.1) is 0 Å². The van der Waals surface area contributed by atoms with Crippen molar-refractivity contribution in [2.75, 3.05) is 13.2 Å². The minimum absolute atomic E-state index is 0.246. The molecule has 0 radical (unpaired) electrons. The topological polar surface area (TPSA) is 67.8 Å². The zero-order chi connectivity index (χ0) is 9.19. The van der Waals surface area contributed by atoms with Crippen LogP contribution in [-0.2, 0) is 14.3 Å². The van der Waals surface area contributed by atoms with E-state index in [0.717, 1.165) is 0 Å². The molecule has 1 heterocycles. The van der Waals surface area contributed by atoms with Crippen molar-refractivity contribution < 1.29 is 23.9 Å². The van der Waals surface area contributed by atoms with Gasteiger partial charge in [-0.3, -0.25) is 10.0 Å². The lowest BCUT2D eigenvalue weighted by Crippen LogP contribution is -2.47. The summed E-state index contributed by atoms with van der Waals surface area (Å²) < 4.78 is 22.8. The Hall–Kier alpha value is -0.720. The summed E-state index contributed by atoms with van der Waals surface area (Å²) in [7, 11) is 0. The average molecular weight is 179 g/mol. The molecule has 0 saturated carbocycles. The van der Waals surface area contributed by atoms with E-state index in [1.54, 1.807) is 0 Å². The monoisotopic (exact) mass is 179 g/mol. The fourth-order valence-corrected chi connectivity index (χ4v) is 0.971. The average Bonchev–Trinajstić information content (AvgIpc) is 2.50. The Kier molecular flexibility index (Phi) is 2.61. The van der Waals surface area contributed by atoms with E-state index < -0.39 is 17.9 Å². The van der Waals surface area contributed by atoms with Crippen molar-refractivity contribution in [3.63, 3.8) is 0 Å². The van der Waals surface area contributed by atoms with Crippen LogP contribution in [0.3, 0.4) is 0 Å². The predicted octanol–water partition coefficient (Wildman–Crippen LogP) is -0.407. The quantitative estimate of drug-likeness (QED) is 0.446. The molecule has 0 aromatic carbocycles. The maximum Gasteiger partial charge on any atom is 0.283 e. The largest absolute Gasteiger partial charge is 0.345 e. The number of amides is 1. The van der Waals surface area contributed by atoms with Crippen molar-refractivity contribution in [2.45, 2.75) is 18.9 Å². The molecular formula is C6H10FNO4. The number of rotatable bonds is 2. The molecule has 1 aliphatic heterocycles. The Morgan fingerprint density at radius 3 is 2.58 bits per heavy atom. The van der Waals surface area contributed by atoms with Gasteiger partial charge < -0.3 is 9.47 Å². The van der Waals surface area contributed by atoms with Crippen LogP contribution in [0.15, 0.2) is 0 Å². The highest BCUT2D eigenvalue weighted by molar-refractivity contribution is 5.80. The molecule has 1 aliphatic rings. The van der Waals surface area contributed by atoms with E-state index in [4.69, 9.17) is 14.7 Å². The smallest absolute Gasteiger partial charge is 0.283 e. The lowest BCUT2D eigenvalue weighted by molar-refractivity contribution is -0.194. The summed E-state index contributed by atoms with van der Waals surface area (Å²) in [5, 5.41) is 8.13. The van der Waals surface area contributed by atoms with Gasteiger partial charge in [0.15, 0.2) is 0 Å². The molecule has 0 aliphatic carbocycles. The van der Waals surface area contributed by atoms with E-state index in [-0.39, 0.29) is 13.2 Å². The van der Waals surface area contributed by atoms with Crippen LogP contribution >= 0.6 is 0 Å². The first-order valence-electron chi connectivity index (χ1n) is 3.46. The van der Waals surface area contributed by atoms with Crippen LogP contribution in [0.5, 0.6) is 0 Å². The number of hydroxylamine groups is 1. The van der Waals surface area contributed by atoms with Crippen molar-refractivity contribution >= 4 is 5.91 Å². The molecular weight excluding hydrogens is 169 g/mol. The second-order valence-electron chi connectivity index (χ2n) is 2.55. The molecule has 1 saturated heterocycles. The number of halogens is 1. The molecule has 1 rings (SSSR count). The summed E-state index contributed by atoms with van der Waals surface area (Å²) in [5.41, 5.74) is 1.19. The maximum absolute atomic E-state index is 13.1. The van der Waals surface area contributed by atoms with Gasteiger partial charge in [0.05, 0.1) is 13.2 Å². The highest BCUT2D eigenvalue weighted by atomic mass is 19.1. The molecule has 6 heteroatoms. The number of hydrogen-bond donors (Lipinski definition) is 2. The van der Waals surface area contributed by atoms with Gasteiger partial charge in [0, 0.05) is 0 Å². The first-order valence-corrected chi connectivity index (χ1v) is 3.46. The van der Waals surface area contributed by atoms with E-state index in [2.05, 4.69) is 0 Å². The van der Waals surface area contributed by atoms with E-state index in [1.807, 2.05) is 0 Å². The van der Waals surface area contributed by atoms with E-state index in [0.29, 0.717) is 0 Å². The van der Waals surface area contributed by atoms with Crippen LogP contribution in [0.2, 0.25) is 0 Å². The molecule has 1 amide bonds. The highest BCUT2D eigenvalue weighted by Crippen LogP contribution is 2.24. The summed E-state index contributed by atoms with van der Waals surface area (Å²) >= 11 is 0. The number of nitrogens with one attached hydrogen (secondary N) is 1. The molecule has 70 valence electrons. The molecule has 0 aromatic rings. The summed E-state index contributed by atoms with van der Waals surface area (Å²) in [6.07, 6.45) is -2.02. The Balaban J connectivity index is 2.61. The molecule has 0 aromatic heterocycles. The van der Waals surface area contributed by atoms with Gasteiger partial charge in [0.25, 0.3) is 5.91 Å². The van der Waals surface area contributed by atoms with E-state index in [1.165, 1.54) is 12.4 Å². The number of alkyl halides is 1. The normalized spacial score (nSPS) is 23.6. The van der Waals surface area contributed by atoms with Crippen molar-refractivity contribution in [1.29, 1.82) is 0 Å². The number of hydrogen-bond acceptors (Lipinski definition) is 4. The Labute approximate surface area is 68.4 Å². The standard InChI is InChI=1S/C6H10FNO4/c1-6(11-2-3-12-6)4(7)5(9)8-10/h4,10H,2-3H2,1H3,(H,8,9). The second kappa shape index (κ2) is 3.34. The Bertz CT molecular complexity index is 180. The minimum atomic E-state index is -2.02. The molecule has 1 atom stereocenters. The predicted molar refractivity (Wildman–Crippen MR) is 35.1 cm³/mol. The minimum Gasteiger partial charge on any atom is -0.345 e. The number of carbonyl (C=O) groups is 1. The summed E-state index contributed by atoms with van der Waals surface area (Å²) in [6.45, 7) is 1.80. The Morgan fingerprint density at radius 2 is 2.17 bits per heavy atom. The van der Waals surface area contributed by atoms with E-state index in [9.17, 15) is 9.18 Å². The molecule has 2 N–H and O–H groups in total.